The van der Waals surface area contributed by atoms with E-state index >= 15 is 0 Å². The molecule has 0 heterocycles. The van der Waals surface area contributed by atoms with Crippen LogP contribution in [0.4, 0.5) is 0 Å². The van der Waals surface area contributed by atoms with Crippen LogP contribution in [0.5, 0.6) is 5.75 Å². The van der Waals surface area contributed by atoms with E-state index in [0.29, 0.717) is 12.0 Å². The van der Waals surface area contributed by atoms with Crippen LogP contribution in [0.15, 0.2) is 23.4 Å². The van der Waals surface area contributed by atoms with Gasteiger partial charge in [-0.3, -0.25) is 0 Å². The van der Waals surface area contributed by atoms with E-state index in [9.17, 15) is 0 Å². The van der Waals surface area contributed by atoms with E-state index in [1.165, 1.54) is 25.7 Å². The Bertz CT molecular complexity index is 485. The predicted molar refractivity (Wildman–Crippen MR) is 80.4 cm³/mol. The summed E-state index contributed by atoms with van der Waals surface area (Å²) in [6.45, 7) is 4.18. The van der Waals surface area contributed by atoms with Crippen molar-refractivity contribution in [3.05, 3.63) is 29.3 Å². The highest BCUT2D eigenvalue weighted by atomic mass is 16.5. The molecule has 1 aliphatic rings. The molecular weight excluding hydrogens is 252 g/mol. The highest BCUT2D eigenvalue weighted by Gasteiger charge is 2.25. The molecule has 0 spiro atoms. The van der Waals surface area contributed by atoms with Gasteiger partial charge in [0.05, 0.1) is 0 Å². The van der Waals surface area contributed by atoms with Gasteiger partial charge in [0.15, 0.2) is 5.84 Å². The fraction of sp³-hybridized carbons (Fsp3) is 0.562. The Morgan fingerprint density at radius 1 is 1.40 bits per heavy atom. The minimum atomic E-state index is 0.137. The van der Waals surface area contributed by atoms with Crippen molar-refractivity contribution in [3.63, 3.8) is 0 Å². The molecule has 110 valence electrons. The molecule has 0 aliphatic heterocycles. The SMILES string of the molecule is CCC1CCCCC1Oc1ccc(/C(N)=N/O)c(C)c1. The molecule has 1 aromatic rings. The highest BCUT2D eigenvalue weighted by Crippen LogP contribution is 2.31. The lowest BCUT2D eigenvalue weighted by Crippen LogP contribution is -2.30. The van der Waals surface area contributed by atoms with Crippen molar-refractivity contribution in [3.8, 4) is 5.75 Å². The third-order valence-electron chi connectivity index (χ3n) is 4.23. The van der Waals surface area contributed by atoms with E-state index in [2.05, 4.69) is 12.1 Å². The standard InChI is InChI=1S/C16H24N2O2/c1-3-12-6-4-5-7-15(12)20-13-8-9-14(11(2)10-13)16(17)18-19/h8-10,12,15,19H,3-7H2,1-2H3,(H2,17,18). The van der Waals surface area contributed by atoms with Crippen LogP contribution in [0.25, 0.3) is 0 Å². The van der Waals surface area contributed by atoms with Crippen molar-refractivity contribution >= 4 is 5.84 Å². The second-order valence-corrected chi connectivity index (χ2v) is 5.57. The summed E-state index contributed by atoms with van der Waals surface area (Å²) in [6.07, 6.45) is 6.47. The molecule has 20 heavy (non-hydrogen) atoms. The van der Waals surface area contributed by atoms with Crippen LogP contribution in [0, 0.1) is 12.8 Å². The maximum absolute atomic E-state index is 8.74. The van der Waals surface area contributed by atoms with E-state index in [-0.39, 0.29) is 5.84 Å². The van der Waals surface area contributed by atoms with Crippen LogP contribution in [0.2, 0.25) is 0 Å². The average molecular weight is 276 g/mol. The summed E-state index contributed by atoms with van der Waals surface area (Å²) in [6, 6.07) is 5.72. The van der Waals surface area contributed by atoms with Crippen molar-refractivity contribution < 1.29 is 9.94 Å². The molecule has 0 amide bonds. The second-order valence-electron chi connectivity index (χ2n) is 5.57. The molecule has 0 radical (unpaired) electrons. The van der Waals surface area contributed by atoms with Crippen molar-refractivity contribution in [1.29, 1.82) is 0 Å². The first-order valence-corrected chi connectivity index (χ1v) is 7.41. The molecule has 3 N–H and O–H groups in total. The summed E-state index contributed by atoms with van der Waals surface area (Å²) in [5.74, 6) is 1.67. The van der Waals surface area contributed by atoms with E-state index in [0.717, 1.165) is 23.3 Å². The van der Waals surface area contributed by atoms with Gasteiger partial charge in [-0.05, 0) is 62.3 Å². The third-order valence-corrected chi connectivity index (χ3v) is 4.23. The van der Waals surface area contributed by atoms with Gasteiger partial charge in [-0.2, -0.15) is 0 Å². The van der Waals surface area contributed by atoms with Crippen LogP contribution >= 0.6 is 0 Å². The van der Waals surface area contributed by atoms with Crippen LogP contribution in [-0.2, 0) is 0 Å². The fourth-order valence-corrected chi connectivity index (χ4v) is 3.02. The normalized spacial score (nSPS) is 23.6. The van der Waals surface area contributed by atoms with Gasteiger partial charge in [-0.25, -0.2) is 0 Å². The van der Waals surface area contributed by atoms with Crippen LogP contribution in [-0.4, -0.2) is 17.1 Å². The molecule has 0 bridgehead atoms. The number of amidine groups is 1. The number of rotatable bonds is 4. The first-order valence-electron chi connectivity index (χ1n) is 7.41. The number of oxime groups is 1. The van der Waals surface area contributed by atoms with Gasteiger partial charge in [0.25, 0.3) is 0 Å². The molecule has 1 saturated carbocycles. The largest absolute Gasteiger partial charge is 0.490 e. The van der Waals surface area contributed by atoms with Gasteiger partial charge < -0.3 is 15.7 Å². The summed E-state index contributed by atoms with van der Waals surface area (Å²) in [4.78, 5) is 0. The van der Waals surface area contributed by atoms with Crippen molar-refractivity contribution in [2.45, 2.75) is 52.1 Å². The number of aryl methyl sites for hydroxylation is 1. The maximum atomic E-state index is 8.74. The molecule has 2 unspecified atom stereocenters. The molecule has 4 heteroatoms. The summed E-state index contributed by atoms with van der Waals surface area (Å²) in [7, 11) is 0. The Morgan fingerprint density at radius 2 is 2.15 bits per heavy atom. The molecule has 4 nitrogen and oxygen atoms in total. The molecule has 1 aliphatic carbocycles. The number of nitrogens with two attached hydrogens (primary N) is 1. The molecule has 0 saturated heterocycles. The zero-order chi connectivity index (χ0) is 14.5. The molecule has 1 fully saturated rings. The predicted octanol–water partition coefficient (Wildman–Crippen LogP) is 3.44. The van der Waals surface area contributed by atoms with Crippen LogP contribution in [0.1, 0.15) is 50.2 Å². The lowest BCUT2D eigenvalue weighted by Gasteiger charge is -2.31. The average Bonchev–Trinajstić information content (AvgIpc) is 2.47. The number of nitrogens with zero attached hydrogens (tertiary/aromatic N) is 1. The van der Waals surface area contributed by atoms with Crippen LogP contribution < -0.4 is 10.5 Å². The Balaban J connectivity index is 2.12. The summed E-state index contributed by atoms with van der Waals surface area (Å²) in [5, 5.41) is 11.8. The molecule has 2 atom stereocenters. The van der Waals surface area contributed by atoms with Gasteiger partial charge in [0, 0.05) is 5.56 Å². The van der Waals surface area contributed by atoms with E-state index in [1.54, 1.807) is 0 Å². The Morgan fingerprint density at radius 3 is 2.80 bits per heavy atom. The van der Waals surface area contributed by atoms with E-state index in [1.807, 2.05) is 25.1 Å². The number of hydrogen-bond donors (Lipinski definition) is 2. The molecule has 1 aromatic carbocycles. The zero-order valence-corrected chi connectivity index (χ0v) is 12.3. The third kappa shape index (κ3) is 3.24. The maximum Gasteiger partial charge on any atom is 0.170 e. The first-order chi connectivity index (χ1) is 9.65. The lowest BCUT2D eigenvalue weighted by molar-refractivity contribution is 0.0903. The van der Waals surface area contributed by atoms with E-state index < -0.39 is 0 Å². The van der Waals surface area contributed by atoms with E-state index in [4.69, 9.17) is 15.7 Å². The van der Waals surface area contributed by atoms with Crippen LogP contribution in [0.3, 0.4) is 0 Å². The van der Waals surface area contributed by atoms with Crippen molar-refractivity contribution in [2.24, 2.45) is 16.8 Å². The van der Waals surface area contributed by atoms with Gasteiger partial charge in [-0.15, -0.1) is 0 Å². The second kappa shape index (κ2) is 6.64. The van der Waals surface area contributed by atoms with Gasteiger partial charge in [-0.1, -0.05) is 18.5 Å². The monoisotopic (exact) mass is 276 g/mol. The molecular formula is C16H24N2O2. The minimum Gasteiger partial charge on any atom is -0.490 e. The quantitative estimate of drug-likeness (QED) is 0.383. The molecule has 2 rings (SSSR count). The van der Waals surface area contributed by atoms with Crippen molar-refractivity contribution in [1.82, 2.24) is 0 Å². The number of hydrogen-bond acceptors (Lipinski definition) is 3. The Labute approximate surface area is 120 Å². The van der Waals surface area contributed by atoms with Gasteiger partial charge in [0.2, 0.25) is 0 Å². The Hall–Kier alpha value is -1.71. The fourth-order valence-electron chi connectivity index (χ4n) is 3.02. The summed E-state index contributed by atoms with van der Waals surface area (Å²) < 4.78 is 6.16. The van der Waals surface area contributed by atoms with Gasteiger partial charge >= 0.3 is 0 Å². The number of ether oxygens (including phenoxy) is 1. The number of benzene rings is 1. The van der Waals surface area contributed by atoms with Gasteiger partial charge in [0.1, 0.15) is 11.9 Å². The highest BCUT2D eigenvalue weighted by molar-refractivity contribution is 5.98. The topological polar surface area (TPSA) is 67.8 Å². The lowest BCUT2D eigenvalue weighted by atomic mass is 9.85. The summed E-state index contributed by atoms with van der Waals surface area (Å²) in [5.41, 5.74) is 7.34. The minimum absolute atomic E-state index is 0.137. The first kappa shape index (κ1) is 14.7. The zero-order valence-electron chi connectivity index (χ0n) is 12.3. The Kier molecular flexibility index (Phi) is 4.88. The van der Waals surface area contributed by atoms with Crippen molar-refractivity contribution in [2.75, 3.05) is 0 Å². The summed E-state index contributed by atoms with van der Waals surface area (Å²) >= 11 is 0. The smallest absolute Gasteiger partial charge is 0.170 e. The molecule has 0 aromatic heterocycles.